The molecule has 1 unspecified atom stereocenters. The maximum Gasteiger partial charge on any atom is 0.309 e. The number of carbonyl (C=O) groups is 1. The Hall–Kier alpha value is -0.830. The van der Waals surface area contributed by atoms with Crippen molar-refractivity contribution in [3.8, 4) is 0 Å². The van der Waals surface area contributed by atoms with Gasteiger partial charge in [0.2, 0.25) is 0 Å². The molecule has 2 nitrogen and oxygen atoms in total. The van der Waals surface area contributed by atoms with Gasteiger partial charge in [-0.25, -0.2) is 0 Å². The van der Waals surface area contributed by atoms with Gasteiger partial charge in [-0.15, -0.1) is 11.3 Å². The number of thiophene rings is 1. The zero-order valence-electron chi connectivity index (χ0n) is 9.49. The van der Waals surface area contributed by atoms with Crippen LogP contribution in [0.1, 0.15) is 32.1 Å². The van der Waals surface area contributed by atoms with Crippen LogP contribution < -0.4 is 0 Å². The topological polar surface area (TPSA) is 37.3 Å². The molecule has 0 aliphatic heterocycles. The van der Waals surface area contributed by atoms with Crippen LogP contribution in [-0.2, 0) is 11.2 Å². The molecule has 84 valence electrons. The first kappa shape index (κ1) is 12.2. The summed E-state index contributed by atoms with van der Waals surface area (Å²) in [5, 5.41) is 11.3. The van der Waals surface area contributed by atoms with Crippen LogP contribution >= 0.6 is 11.3 Å². The molecule has 0 aromatic carbocycles. The first-order valence-electron chi connectivity index (χ1n) is 5.22. The van der Waals surface area contributed by atoms with Gasteiger partial charge in [0.25, 0.3) is 0 Å². The Kier molecular flexibility index (Phi) is 3.91. The molecule has 1 atom stereocenters. The summed E-state index contributed by atoms with van der Waals surface area (Å²) >= 11 is 1.69. The summed E-state index contributed by atoms with van der Waals surface area (Å²) in [6, 6.07) is 4.07. The molecule has 0 spiro atoms. The van der Waals surface area contributed by atoms with Gasteiger partial charge in [0.1, 0.15) is 0 Å². The Morgan fingerprint density at radius 1 is 1.60 bits per heavy atom. The van der Waals surface area contributed by atoms with Crippen molar-refractivity contribution in [1.82, 2.24) is 0 Å². The summed E-state index contributed by atoms with van der Waals surface area (Å²) in [6.45, 7) is 5.79. The molecule has 3 heteroatoms. The van der Waals surface area contributed by atoms with Crippen molar-refractivity contribution in [3.63, 3.8) is 0 Å². The van der Waals surface area contributed by atoms with Crippen molar-refractivity contribution in [2.45, 2.75) is 33.6 Å². The number of carboxylic acid groups (broad SMARTS) is 1. The highest BCUT2D eigenvalue weighted by atomic mass is 32.1. The highest BCUT2D eigenvalue weighted by molar-refractivity contribution is 7.09. The molecule has 0 aliphatic carbocycles. The molecule has 1 aromatic heterocycles. The molecular formula is C12H18O2S. The van der Waals surface area contributed by atoms with Crippen LogP contribution in [0.3, 0.4) is 0 Å². The molecule has 0 saturated carbocycles. The van der Waals surface area contributed by atoms with Crippen molar-refractivity contribution in [1.29, 1.82) is 0 Å². The standard InChI is InChI=1S/C12H18O2S/c1-9(2)12(3,11(13)14)7-6-10-5-4-8-15-10/h4-5,8-9H,6-7H2,1-3H3,(H,13,14). The minimum absolute atomic E-state index is 0.162. The van der Waals surface area contributed by atoms with Gasteiger partial charge in [-0.05, 0) is 37.1 Å². The van der Waals surface area contributed by atoms with E-state index in [0.29, 0.717) is 6.42 Å². The van der Waals surface area contributed by atoms with Gasteiger partial charge in [-0.3, -0.25) is 4.79 Å². The van der Waals surface area contributed by atoms with Crippen molar-refractivity contribution >= 4 is 17.3 Å². The average Bonchev–Trinajstić information content (AvgIpc) is 2.65. The van der Waals surface area contributed by atoms with E-state index in [9.17, 15) is 9.90 Å². The lowest BCUT2D eigenvalue weighted by atomic mass is 9.75. The highest BCUT2D eigenvalue weighted by Crippen LogP contribution is 2.33. The van der Waals surface area contributed by atoms with Gasteiger partial charge in [-0.2, -0.15) is 0 Å². The SMILES string of the molecule is CC(C)C(C)(CCc1cccs1)C(=O)O. The quantitative estimate of drug-likeness (QED) is 0.835. The van der Waals surface area contributed by atoms with E-state index >= 15 is 0 Å². The Balaban J connectivity index is 2.64. The Labute approximate surface area is 94.9 Å². The second kappa shape index (κ2) is 4.79. The third-order valence-corrected chi connectivity index (χ3v) is 4.17. The fourth-order valence-electron chi connectivity index (χ4n) is 1.48. The van der Waals surface area contributed by atoms with Crippen molar-refractivity contribution in [2.24, 2.45) is 11.3 Å². The van der Waals surface area contributed by atoms with Crippen LogP contribution in [0.4, 0.5) is 0 Å². The van der Waals surface area contributed by atoms with Gasteiger partial charge in [0, 0.05) is 4.88 Å². The second-order valence-electron chi connectivity index (χ2n) is 4.46. The summed E-state index contributed by atoms with van der Waals surface area (Å²) < 4.78 is 0. The van der Waals surface area contributed by atoms with E-state index in [-0.39, 0.29) is 5.92 Å². The van der Waals surface area contributed by atoms with Crippen LogP contribution in [-0.4, -0.2) is 11.1 Å². The summed E-state index contributed by atoms with van der Waals surface area (Å²) in [7, 11) is 0. The molecule has 1 aromatic rings. The van der Waals surface area contributed by atoms with E-state index < -0.39 is 11.4 Å². The summed E-state index contributed by atoms with van der Waals surface area (Å²) in [4.78, 5) is 12.5. The van der Waals surface area contributed by atoms with E-state index in [1.165, 1.54) is 4.88 Å². The number of rotatable bonds is 5. The van der Waals surface area contributed by atoms with Crippen molar-refractivity contribution in [2.75, 3.05) is 0 Å². The number of aryl methyl sites for hydroxylation is 1. The first-order valence-corrected chi connectivity index (χ1v) is 6.10. The monoisotopic (exact) mass is 226 g/mol. The van der Waals surface area contributed by atoms with Crippen LogP contribution in [0.15, 0.2) is 17.5 Å². The van der Waals surface area contributed by atoms with Crippen LogP contribution in [0.25, 0.3) is 0 Å². The minimum Gasteiger partial charge on any atom is -0.481 e. The van der Waals surface area contributed by atoms with Crippen LogP contribution in [0.5, 0.6) is 0 Å². The molecule has 0 aliphatic rings. The molecule has 0 amide bonds. The lowest BCUT2D eigenvalue weighted by Gasteiger charge is -2.28. The van der Waals surface area contributed by atoms with E-state index in [4.69, 9.17) is 0 Å². The molecular weight excluding hydrogens is 208 g/mol. The number of hydrogen-bond acceptors (Lipinski definition) is 2. The molecule has 1 rings (SSSR count). The summed E-state index contributed by atoms with van der Waals surface area (Å²) in [5.41, 5.74) is -0.607. The van der Waals surface area contributed by atoms with Gasteiger partial charge in [-0.1, -0.05) is 19.9 Å². The van der Waals surface area contributed by atoms with Crippen molar-refractivity contribution in [3.05, 3.63) is 22.4 Å². The Bertz CT molecular complexity index is 316. The maximum absolute atomic E-state index is 11.2. The average molecular weight is 226 g/mol. The van der Waals surface area contributed by atoms with Gasteiger partial charge < -0.3 is 5.11 Å². The summed E-state index contributed by atoms with van der Waals surface area (Å²) in [6.07, 6.45) is 1.57. The van der Waals surface area contributed by atoms with E-state index in [2.05, 4.69) is 6.07 Å². The summed E-state index contributed by atoms with van der Waals surface area (Å²) in [5.74, 6) is -0.524. The van der Waals surface area contributed by atoms with E-state index in [0.717, 1.165) is 6.42 Å². The lowest BCUT2D eigenvalue weighted by Crippen LogP contribution is -2.33. The number of hydrogen-bond donors (Lipinski definition) is 1. The van der Waals surface area contributed by atoms with Gasteiger partial charge >= 0.3 is 5.97 Å². The molecule has 1 heterocycles. The normalized spacial score (nSPS) is 15.2. The largest absolute Gasteiger partial charge is 0.481 e. The molecule has 15 heavy (non-hydrogen) atoms. The number of aliphatic carboxylic acids is 1. The van der Waals surface area contributed by atoms with Crippen molar-refractivity contribution < 1.29 is 9.90 Å². The fraction of sp³-hybridized carbons (Fsp3) is 0.583. The molecule has 0 bridgehead atoms. The first-order chi connectivity index (χ1) is 6.97. The second-order valence-corrected chi connectivity index (χ2v) is 5.49. The smallest absolute Gasteiger partial charge is 0.309 e. The van der Waals surface area contributed by atoms with E-state index in [1.807, 2.05) is 32.2 Å². The van der Waals surface area contributed by atoms with Crippen LogP contribution in [0, 0.1) is 11.3 Å². The third-order valence-electron chi connectivity index (χ3n) is 3.23. The van der Waals surface area contributed by atoms with E-state index in [1.54, 1.807) is 11.3 Å². The highest BCUT2D eigenvalue weighted by Gasteiger charge is 2.35. The molecule has 0 fully saturated rings. The predicted molar refractivity (Wildman–Crippen MR) is 63.2 cm³/mol. The minimum atomic E-state index is -0.686. The predicted octanol–water partition coefficient (Wildman–Crippen LogP) is 3.43. The third kappa shape index (κ3) is 2.81. The molecule has 0 saturated heterocycles. The Morgan fingerprint density at radius 2 is 2.27 bits per heavy atom. The maximum atomic E-state index is 11.2. The fourth-order valence-corrected chi connectivity index (χ4v) is 2.19. The number of carboxylic acids is 1. The zero-order valence-corrected chi connectivity index (χ0v) is 10.3. The lowest BCUT2D eigenvalue weighted by molar-refractivity contribution is -0.151. The van der Waals surface area contributed by atoms with Gasteiger partial charge in [0.15, 0.2) is 0 Å². The molecule has 1 N–H and O–H groups in total. The Morgan fingerprint density at radius 3 is 2.67 bits per heavy atom. The zero-order chi connectivity index (χ0) is 11.5. The van der Waals surface area contributed by atoms with Crippen LogP contribution in [0.2, 0.25) is 0 Å². The molecule has 0 radical (unpaired) electrons. The van der Waals surface area contributed by atoms with Gasteiger partial charge in [0.05, 0.1) is 5.41 Å².